The number of benzene rings is 1. The average Bonchev–Trinajstić information content (AvgIpc) is 2.43. The van der Waals surface area contributed by atoms with Gasteiger partial charge in [-0.25, -0.2) is 4.39 Å². The Morgan fingerprint density at radius 3 is 1.91 bits per heavy atom. The van der Waals surface area contributed by atoms with Crippen molar-refractivity contribution in [2.75, 3.05) is 6.54 Å². The van der Waals surface area contributed by atoms with Gasteiger partial charge in [0.25, 0.3) is 5.91 Å². The molecule has 23 heavy (non-hydrogen) atoms. The number of nitrogens with one attached hydrogen (secondary N) is 1. The number of hydrogen-bond donors (Lipinski definition) is 1. The Hall–Kier alpha value is -1.33. The second-order valence-electron chi connectivity index (χ2n) is 4.35. The van der Waals surface area contributed by atoms with E-state index >= 15 is 0 Å². The molecule has 0 bridgehead atoms. The highest BCUT2D eigenvalue weighted by molar-refractivity contribution is 14.1. The molecule has 1 N–H and O–H groups in total. The van der Waals surface area contributed by atoms with E-state index in [0.717, 1.165) is 22.6 Å². The molecular formula is C13H9F7INO. The first kappa shape index (κ1) is 19.7. The molecule has 0 atom stereocenters. The summed E-state index contributed by atoms with van der Waals surface area (Å²) in [6.45, 7) is -0.674. The highest BCUT2D eigenvalue weighted by atomic mass is 127. The van der Waals surface area contributed by atoms with Crippen LogP contribution in [0.15, 0.2) is 40.0 Å². The van der Waals surface area contributed by atoms with Crippen LogP contribution in [0.3, 0.4) is 0 Å². The van der Waals surface area contributed by atoms with Crippen LogP contribution >= 0.6 is 22.6 Å². The Kier molecular flexibility index (Phi) is 6.05. The zero-order valence-corrected chi connectivity index (χ0v) is 13.3. The fourth-order valence-corrected chi connectivity index (χ4v) is 2.07. The van der Waals surface area contributed by atoms with E-state index in [9.17, 15) is 35.5 Å². The van der Waals surface area contributed by atoms with Gasteiger partial charge in [-0.05, 0) is 40.8 Å². The Morgan fingerprint density at radius 2 is 1.48 bits per heavy atom. The molecule has 1 aromatic rings. The average molecular weight is 455 g/mol. The summed E-state index contributed by atoms with van der Waals surface area (Å²) in [5.41, 5.74) is -5.32. The van der Waals surface area contributed by atoms with Crippen molar-refractivity contribution in [2.45, 2.75) is 18.0 Å². The van der Waals surface area contributed by atoms with Gasteiger partial charge < -0.3 is 5.32 Å². The molecule has 0 heterocycles. The Morgan fingerprint density at radius 1 is 1.00 bits per heavy atom. The first-order valence-electron chi connectivity index (χ1n) is 5.91. The molecule has 0 radical (unpaired) electrons. The van der Waals surface area contributed by atoms with Crippen LogP contribution in [0.4, 0.5) is 30.7 Å². The van der Waals surface area contributed by atoms with E-state index in [0.29, 0.717) is 0 Å². The molecule has 0 aliphatic heterocycles. The van der Waals surface area contributed by atoms with Crippen molar-refractivity contribution in [1.29, 1.82) is 0 Å². The summed E-state index contributed by atoms with van der Waals surface area (Å²) >= 11 is 1.11. The molecule has 1 aromatic carbocycles. The van der Waals surface area contributed by atoms with E-state index in [1.165, 1.54) is 24.3 Å². The lowest BCUT2D eigenvalue weighted by molar-refractivity contribution is -0.322. The third kappa shape index (κ3) is 4.82. The van der Waals surface area contributed by atoms with Gasteiger partial charge in [-0.3, -0.25) is 4.79 Å². The van der Waals surface area contributed by atoms with Gasteiger partial charge in [-0.2, -0.15) is 26.3 Å². The lowest BCUT2D eigenvalue weighted by atomic mass is 10.0. The third-order valence-electron chi connectivity index (χ3n) is 2.63. The van der Waals surface area contributed by atoms with Gasteiger partial charge in [0.2, 0.25) is 0 Å². The topological polar surface area (TPSA) is 29.1 Å². The van der Waals surface area contributed by atoms with Crippen LogP contribution in [0.25, 0.3) is 0 Å². The standard InChI is InChI=1S/C13H9F7INO/c14-11(12(15,16)17,13(18,19)20)6-9(21)7-22-10(23)8-4-2-1-3-5-8/h1-6H,7H2,(H,22,23). The van der Waals surface area contributed by atoms with Gasteiger partial charge in [0, 0.05) is 15.7 Å². The second kappa shape index (κ2) is 7.05. The summed E-state index contributed by atoms with van der Waals surface area (Å²) < 4.78 is 87.2. The maximum Gasteiger partial charge on any atom is 0.435 e. The summed E-state index contributed by atoms with van der Waals surface area (Å²) in [5.74, 6) is -0.711. The van der Waals surface area contributed by atoms with Crippen molar-refractivity contribution in [1.82, 2.24) is 5.32 Å². The molecule has 2 nitrogen and oxygen atoms in total. The lowest BCUT2D eigenvalue weighted by Crippen LogP contribution is -2.52. The number of allylic oxidation sites excluding steroid dienone is 1. The molecule has 0 saturated carbocycles. The summed E-state index contributed by atoms with van der Waals surface area (Å²) in [7, 11) is 0. The van der Waals surface area contributed by atoms with Crippen LogP contribution in [0.1, 0.15) is 10.4 Å². The van der Waals surface area contributed by atoms with E-state index in [-0.39, 0.29) is 5.56 Å². The summed E-state index contributed by atoms with van der Waals surface area (Å²) in [6, 6.07) is 7.46. The Balaban J connectivity index is 2.88. The molecule has 0 aliphatic carbocycles. The molecular weight excluding hydrogens is 446 g/mol. The minimum Gasteiger partial charge on any atom is -0.348 e. The monoisotopic (exact) mass is 455 g/mol. The first-order valence-corrected chi connectivity index (χ1v) is 6.99. The van der Waals surface area contributed by atoms with Crippen LogP contribution in [0.5, 0.6) is 0 Å². The van der Waals surface area contributed by atoms with Crippen molar-refractivity contribution < 1.29 is 35.5 Å². The number of carbonyl (C=O) groups excluding carboxylic acids is 1. The maximum absolute atomic E-state index is 13.5. The van der Waals surface area contributed by atoms with E-state index in [4.69, 9.17) is 0 Å². The Bertz CT molecular complexity index is 566. The molecule has 0 fully saturated rings. The summed E-state index contributed by atoms with van der Waals surface area (Å²) in [6.07, 6.45) is -12.9. The fraction of sp³-hybridized carbons (Fsp3) is 0.308. The van der Waals surface area contributed by atoms with Crippen molar-refractivity contribution in [3.63, 3.8) is 0 Å². The molecule has 0 aliphatic rings. The lowest BCUT2D eigenvalue weighted by Gasteiger charge is -2.27. The zero-order chi connectivity index (χ0) is 17.9. The molecule has 0 saturated heterocycles. The molecule has 1 amide bonds. The molecule has 10 heteroatoms. The normalized spacial score (nSPS) is 13.8. The van der Waals surface area contributed by atoms with E-state index in [2.05, 4.69) is 5.32 Å². The van der Waals surface area contributed by atoms with Crippen LogP contribution < -0.4 is 5.32 Å². The van der Waals surface area contributed by atoms with Gasteiger partial charge in [0.15, 0.2) is 0 Å². The van der Waals surface area contributed by atoms with E-state index in [1.807, 2.05) is 0 Å². The zero-order valence-electron chi connectivity index (χ0n) is 11.1. The minimum atomic E-state index is -6.16. The number of carbonyl (C=O) groups is 1. The van der Waals surface area contributed by atoms with Crippen molar-refractivity contribution in [2.24, 2.45) is 0 Å². The highest BCUT2D eigenvalue weighted by Gasteiger charge is 2.71. The van der Waals surface area contributed by atoms with Gasteiger partial charge in [-0.15, -0.1) is 0 Å². The van der Waals surface area contributed by atoms with Gasteiger partial charge >= 0.3 is 18.0 Å². The molecule has 0 spiro atoms. The molecule has 0 aromatic heterocycles. The van der Waals surface area contributed by atoms with Crippen molar-refractivity contribution in [3.8, 4) is 0 Å². The number of amides is 1. The van der Waals surface area contributed by atoms with Crippen molar-refractivity contribution >= 4 is 28.5 Å². The number of hydrogen-bond acceptors (Lipinski definition) is 1. The maximum atomic E-state index is 13.5. The van der Waals surface area contributed by atoms with Gasteiger partial charge in [0.1, 0.15) is 0 Å². The van der Waals surface area contributed by atoms with Gasteiger partial charge in [-0.1, -0.05) is 18.2 Å². The third-order valence-corrected chi connectivity index (χ3v) is 3.33. The molecule has 1 rings (SSSR count). The smallest absolute Gasteiger partial charge is 0.348 e. The number of rotatable bonds is 4. The molecule has 128 valence electrons. The van der Waals surface area contributed by atoms with Crippen molar-refractivity contribution in [3.05, 3.63) is 45.6 Å². The highest BCUT2D eigenvalue weighted by Crippen LogP contribution is 2.47. The number of halogens is 8. The minimum absolute atomic E-state index is 0.162. The first-order chi connectivity index (χ1) is 10.4. The quantitative estimate of drug-likeness (QED) is 0.524. The van der Waals surface area contributed by atoms with Crippen LogP contribution in [0, 0.1) is 0 Å². The fourth-order valence-electron chi connectivity index (χ4n) is 1.45. The predicted octanol–water partition coefficient (Wildman–Crippen LogP) is 4.57. The predicted molar refractivity (Wildman–Crippen MR) is 76.8 cm³/mol. The van der Waals surface area contributed by atoms with E-state index in [1.54, 1.807) is 6.07 Å². The largest absolute Gasteiger partial charge is 0.435 e. The van der Waals surface area contributed by atoms with E-state index < -0.39 is 40.1 Å². The van der Waals surface area contributed by atoms with Crippen LogP contribution in [-0.4, -0.2) is 30.5 Å². The Labute approximate surface area is 139 Å². The summed E-state index contributed by atoms with van der Waals surface area (Å²) in [4.78, 5) is 11.6. The SMILES string of the molecule is O=C(NCC(I)=CC(F)(C(F)(F)F)C(F)(F)F)c1ccccc1. The second-order valence-corrected chi connectivity index (χ2v) is 5.73. The summed E-state index contributed by atoms with van der Waals surface area (Å²) in [5, 5.41) is 2.11. The number of alkyl halides is 7. The van der Waals surface area contributed by atoms with Crippen LogP contribution in [-0.2, 0) is 0 Å². The van der Waals surface area contributed by atoms with Gasteiger partial charge in [0.05, 0.1) is 0 Å². The van der Waals surface area contributed by atoms with Crippen LogP contribution in [0.2, 0.25) is 0 Å². The molecule has 0 unspecified atom stereocenters.